The van der Waals surface area contributed by atoms with Gasteiger partial charge < -0.3 is 4.55 Å². The van der Waals surface area contributed by atoms with Crippen LogP contribution in [0.2, 0.25) is 0 Å². The maximum absolute atomic E-state index is 10.4. The zero-order valence-electron chi connectivity index (χ0n) is 8.00. The molecular formula is C9H11NO4S. The molecular weight excluding hydrogens is 218 g/mol. The first-order chi connectivity index (χ1) is 7.01. The van der Waals surface area contributed by atoms with Crippen LogP contribution in [0, 0.1) is 0 Å². The lowest BCUT2D eigenvalue weighted by molar-refractivity contribution is -0.696. The molecule has 0 radical (unpaired) electrons. The van der Waals surface area contributed by atoms with Crippen LogP contribution in [0.3, 0.4) is 0 Å². The number of hydrogen-bond acceptors (Lipinski definition) is 4. The van der Waals surface area contributed by atoms with E-state index in [0.717, 1.165) is 0 Å². The number of hydrogen-bond donors (Lipinski definition) is 0. The average Bonchev–Trinajstić information content (AvgIpc) is 2.16. The minimum absolute atomic E-state index is 0.249. The Labute approximate surface area is 88.1 Å². The van der Waals surface area contributed by atoms with Crippen LogP contribution in [-0.2, 0) is 16.7 Å². The van der Waals surface area contributed by atoms with Crippen LogP contribution in [0.15, 0.2) is 24.5 Å². The van der Waals surface area contributed by atoms with Gasteiger partial charge in [-0.1, -0.05) is 0 Å². The molecule has 5 nitrogen and oxygen atoms in total. The number of aryl methyl sites for hydroxylation is 1. The van der Waals surface area contributed by atoms with Crippen molar-refractivity contribution >= 4 is 16.4 Å². The Hall–Kier alpha value is -1.27. The first-order valence-electron chi connectivity index (χ1n) is 4.39. The highest BCUT2D eigenvalue weighted by Crippen LogP contribution is 1.91. The molecule has 0 atom stereocenters. The molecule has 0 unspecified atom stereocenters. The lowest BCUT2D eigenvalue weighted by Crippen LogP contribution is -2.34. The van der Waals surface area contributed by atoms with E-state index in [4.69, 9.17) is 0 Å². The lowest BCUT2D eigenvalue weighted by atomic mass is 10.3. The first kappa shape index (κ1) is 11.8. The molecule has 82 valence electrons. The van der Waals surface area contributed by atoms with E-state index in [1.165, 1.54) is 0 Å². The molecule has 0 aromatic carbocycles. The molecule has 0 saturated heterocycles. The van der Waals surface area contributed by atoms with E-state index in [2.05, 4.69) is 0 Å². The second-order valence-corrected chi connectivity index (χ2v) is 4.63. The van der Waals surface area contributed by atoms with Gasteiger partial charge in [0.2, 0.25) is 0 Å². The van der Waals surface area contributed by atoms with Crippen LogP contribution < -0.4 is 4.57 Å². The SMILES string of the molecule is O=Cc1ccc[n+](CCCS(=O)(=O)[O-])c1. The first-order valence-corrected chi connectivity index (χ1v) is 5.97. The van der Waals surface area contributed by atoms with Gasteiger partial charge in [0.1, 0.15) is 6.54 Å². The maximum atomic E-state index is 10.4. The third-order valence-corrected chi connectivity index (χ3v) is 2.62. The summed E-state index contributed by atoms with van der Waals surface area (Å²) in [5.41, 5.74) is 0.516. The molecule has 0 aliphatic carbocycles. The largest absolute Gasteiger partial charge is 0.748 e. The molecule has 0 N–H and O–H groups in total. The predicted molar refractivity (Wildman–Crippen MR) is 51.2 cm³/mol. The fraction of sp³-hybridized carbons (Fsp3) is 0.333. The normalized spacial score (nSPS) is 11.3. The summed E-state index contributed by atoms with van der Waals surface area (Å²) in [4.78, 5) is 10.4. The molecule has 1 aromatic heterocycles. The highest BCUT2D eigenvalue weighted by molar-refractivity contribution is 7.85. The van der Waals surface area contributed by atoms with E-state index in [-0.39, 0.29) is 12.2 Å². The number of rotatable bonds is 5. The Morgan fingerprint density at radius 1 is 1.47 bits per heavy atom. The number of aldehydes is 1. The summed E-state index contributed by atoms with van der Waals surface area (Å²) in [6, 6.07) is 3.34. The summed E-state index contributed by atoms with van der Waals surface area (Å²) in [5, 5.41) is 0. The summed E-state index contributed by atoms with van der Waals surface area (Å²) in [6.07, 6.45) is 4.27. The number of pyridine rings is 1. The highest BCUT2D eigenvalue weighted by Gasteiger charge is 2.03. The molecule has 15 heavy (non-hydrogen) atoms. The van der Waals surface area contributed by atoms with Gasteiger partial charge in [0.25, 0.3) is 0 Å². The third kappa shape index (κ3) is 4.66. The zero-order chi connectivity index (χ0) is 11.3. The molecule has 1 rings (SSSR count). The van der Waals surface area contributed by atoms with E-state index in [9.17, 15) is 17.8 Å². The Morgan fingerprint density at radius 3 is 2.80 bits per heavy atom. The summed E-state index contributed by atoms with van der Waals surface area (Å²) >= 11 is 0. The fourth-order valence-electron chi connectivity index (χ4n) is 1.17. The molecule has 0 aliphatic heterocycles. The van der Waals surface area contributed by atoms with Crippen molar-refractivity contribution in [3.63, 3.8) is 0 Å². The minimum Gasteiger partial charge on any atom is -0.748 e. The monoisotopic (exact) mass is 229 g/mol. The summed E-state index contributed by atoms with van der Waals surface area (Å²) in [5.74, 6) is -0.384. The van der Waals surface area contributed by atoms with Crippen molar-refractivity contribution in [3.8, 4) is 0 Å². The van der Waals surface area contributed by atoms with Gasteiger partial charge >= 0.3 is 0 Å². The van der Waals surface area contributed by atoms with Gasteiger partial charge in [0, 0.05) is 18.2 Å². The highest BCUT2D eigenvalue weighted by atomic mass is 32.2. The topological polar surface area (TPSA) is 78.1 Å². The molecule has 0 fully saturated rings. The minimum atomic E-state index is -4.14. The number of carbonyl (C=O) groups is 1. The fourth-order valence-corrected chi connectivity index (χ4v) is 1.66. The zero-order valence-corrected chi connectivity index (χ0v) is 8.81. The number of aromatic nitrogens is 1. The third-order valence-electron chi connectivity index (χ3n) is 1.83. The summed E-state index contributed by atoms with van der Waals surface area (Å²) in [7, 11) is -4.14. The van der Waals surface area contributed by atoms with Crippen molar-refractivity contribution in [2.24, 2.45) is 0 Å². The van der Waals surface area contributed by atoms with E-state index in [1.54, 1.807) is 29.1 Å². The number of carbonyl (C=O) groups excluding carboxylic acids is 1. The van der Waals surface area contributed by atoms with Gasteiger partial charge in [-0.2, -0.15) is 0 Å². The van der Waals surface area contributed by atoms with E-state index in [0.29, 0.717) is 18.4 Å². The van der Waals surface area contributed by atoms with Crippen molar-refractivity contribution < 1.29 is 22.3 Å². The van der Waals surface area contributed by atoms with Crippen molar-refractivity contribution in [2.45, 2.75) is 13.0 Å². The van der Waals surface area contributed by atoms with Gasteiger partial charge in [0.05, 0.1) is 15.7 Å². The van der Waals surface area contributed by atoms with Gasteiger partial charge in [-0.05, 0) is 6.07 Å². The smallest absolute Gasteiger partial charge is 0.179 e. The second kappa shape index (κ2) is 4.99. The molecule has 0 spiro atoms. The van der Waals surface area contributed by atoms with Crippen molar-refractivity contribution in [1.82, 2.24) is 0 Å². The van der Waals surface area contributed by atoms with Crippen LogP contribution in [-0.4, -0.2) is 25.0 Å². The molecule has 1 aromatic rings. The molecule has 1 heterocycles. The Morgan fingerprint density at radius 2 is 2.20 bits per heavy atom. The van der Waals surface area contributed by atoms with Crippen LogP contribution in [0.25, 0.3) is 0 Å². The Kier molecular flexibility index (Phi) is 3.93. The molecule has 6 heteroatoms. The van der Waals surface area contributed by atoms with E-state index >= 15 is 0 Å². The van der Waals surface area contributed by atoms with Crippen LogP contribution in [0.4, 0.5) is 0 Å². The van der Waals surface area contributed by atoms with Crippen LogP contribution in [0.5, 0.6) is 0 Å². The van der Waals surface area contributed by atoms with Gasteiger partial charge in [-0.3, -0.25) is 4.79 Å². The van der Waals surface area contributed by atoms with Crippen LogP contribution >= 0.6 is 0 Å². The molecule has 0 aliphatic rings. The van der Waals surface area contributed by atoms with Crippen molar-refractivity contribution in [3.05, 3.63) is 30.1 Å². The van der Waals surface area contributed by atoms with E-state index < -0.39 is 10.1 Å². The predicted octanol–water partition coefficient (Wildman–Crippen LogP) is -0.278. The second-order valence-electron chi connectivity index (χ2n) is 3.11. The van der Waals surface area contributed by atoms with Crippen molar-refractivity contribution in [2.75, 3.05) is 5.75 Å². The summed E-state index contributed by atoms with van der Waals surface area (Å²) in [6.45, 7) is 0.406. The summed E-state index contributed by atoms with van der Waals surface area (Å²) < 4.78 is 32.6. The van der Waals surface area contributed by atoms with Gasteiger partial charge in [-0.15, -0.1) is 0 Å². The maximum Gasteiger partial charge on any atom is 0.179 e. The standard InChI is InChI=1S/C9H11NO4S/c11-8-9-3-1-4-10(7-9)5-2-6-15(12,13)14/h1,3-4,7-8H,2,5-6H2. The molecule has 0 amide bonds. The van der Waals surface area contributed by atoms with Crippen LogP contribution in [0.1, 0.15) is 16.8 Å². The Balaban J connectivity index is 2.54. The van der Waals surface area contributed by atoms with Gasteiger partial charge in [-0.25, -0.2) is 13.0 Å². The number of nitrogens with zero attached hydrogens (tertiary/aromatic N) is 1. The average molecular weight is 229 g/mol. The molecule has 0 bridgehead atoms. The Bertz CT molecular complexity index is 441. The lowest BCUT2D eigenvalue weighted by Gasteiger charge is -2.03. The van der Waals surface area contributed by atoms with Crippen molar-refractivity contribution in [1.29, 1.82) is 0 Å². The molecule has 0 saturated carbocycles. The van der Waals surface area contributed by atoms with Gasteiger partial charge in [0.15, 0.2) is 18.7 Å². The van der Waals surface area contributed by atoms with E-state index in [1.807, 2.05) is 0 Å². The quantitative estimate of drug-likeness (QED) is 0.395.